The molecule has 16 heavy (non-hydrogen) atoms. The van der Waals surface area contributed by atoms with Gasteiger partial charge in [-0.15, -0.1) is 0 Å². The Morgan fingerprint density at radius 2 is 2.00 bits per heavy atom. The Labute approximate surface area is 107 Å². The lowest BCUT2D eigenvalue weighted by atomic mass is 10.1. The normalized spacial score (nSPS) is 11.6. The van der Waals surface area contributed by atoms with E-state index < -0.39 is 0 Å². The van der Waals surface area contributed by atoms with Crippen LogP contribution in [0.1, 0.15) is 18.1 Å². The van der Waals surface area contributed by atoms with Crippen molar-refractivity contribution in [2.75, 3.05) is 11.5 Å². The average Bonchev–Trinajstić information content (AvgIpc) is 2.29. The maximum Gasteiger partial charge on any atom is 0.215 e. The lowest BCUT2D eigenvalue weighted by molar-refractivity contribution is -0.107. The fourth-order valence-corrected chi connectivity index (χ4v) is 2.06. The van der Waals surface area contributed by atoms with Crippen LogP contribution in [0.5, 0.6) is 0 Å². The molecule has 3 heteroatoms. The summed E-state index contributed by atoms with van der Waals surface area (Å²) in [7, 11) is 0. The van der Waals surface area contributed by atoms with Crippen molar-refractivity contribution in [2.45, 2.75) is 13.8 Å². The summed E-state index contributed by atoms with van der Waals surface area (Å²) in [5.74, 6) is 1.50. The molecular weight excluding hydrogens is 236 g/mol. The minimum atomic E-state index is 0.134. The molecule has 0 saturated carbocycles. The van der Waals surface area contributed by atoms with Gasteiger partial charge < -0.3 is 0 Å². The summed E-state index contributed by atoms with van der Waals surface area (Å²) in [5.41, 5.74) is 3.09. The predicted molar refractivity (Wildman–Crippen MR) is 76.1 cm³/mol. The van der Waals surface area contributed by atoms with E-state index in [1.165, 1.54) is 17.3 Å². The molecule has 0 aliphatic carbocycles. The van der Waals surface area contributed by atoms with Gasteiger partial charge in [-0.1, -0.05) is 41.6 Å². The van der Waals surface area contributed by atoms with Gasteiger partial charge in [-0.2, -0.15) is 12.6 Å². The molecule has 0 aliphatic heterocycles. The highest BCUT2D eigenvalue weighted by molar-refractivity contribution is 8.14. The fourth-order valence-electron chi connectivity index (χ4n) is 1.22. The third-order valence-electron chi connectivity index (χ3n) is 2.11. The molecule has 0 unspecified atom stereocenters. The van der Waals surface area contributed by atoms with Gasteiger partial charge >= 0.3 is 0 Å². The number of thioether (sulfide) groups is 1. The first kappa shape index (κ1) is 13.4. The van der Waals surface area contributed by atoms with Crippen LogP contribution in [-0.4, -0.2) is 16.6 Å². The zero-order chi connectivity index (χ0) is 12.0. The van der Waals surface area contributed by atoms with Crippen molar-refractivity contribution in [3.8, 4) is 0 Å². The molecule has 1 rings (SSSR count). The van der Waals surface area contributed by atoms with E-state index in [0.29, 0.717) is 0 Å². The Bertz CT molecular complexity index is 379. The number of thiol groups is 1. The number of hydrogen-bond donors (Lipinski definition) is 1. The summed E-state index contributed by atoms with van der Waals surface area (Å²) in [6.07, 6.45) is 1.92. The summed E-state index contributed by atoms with van der Waals surface area (Å²) in [6.45, 7) is 3.90. The molecule has 0 spiro atoms. The fraction of sp³-hybridized carbons (Fsp3) is 0.308. The van der Waals surface area contributed by atoms with Gasteiger partial charge in [0.2, 0.25) is 5.12 Å². The van der Waals surface area contributed by atoms with Crippen LogP contribution in [0.25, 0.3) is 6.08 Å². The van der Waals surface area contributed by atoms with E-state index in [1.807, 2.05) is 44.2 Å². The first-order valence-corrected chi connectivity index (χ1v) is 6.78. The highest BCUT2D eigenvalue weighted by Gasteiger charge is 2.04. The number of hydrogen-bond acceptors (Lipinski definition) is 3. The first-order valence-electron chi connectivity index (χ1n) is 5.16. The predicted octanol–water partition coefficient (Wildman–Crippen LogP) is 3.59. The van der Waals surface area contributed by atoms with Crippen molar-refractivity contribution in [1.29, 1.82) is 0 Å². The smallest absolute Gasteiger partial charge is 0.215 e. The summed E-state index contributed by atoms with van der Waals surface area (Å²) in [4.78, 5) is 11.6. The minimum Gasteiger partial charge on any atom is -0.282 e. The summed E-state index contributed by atoms with van der Waals surface area (Å²) in [5, 5.41) is 0.134. The van der Waals surface area contributed by atoms with Gasteiger partial charge in [0.1, 0.15) is 0 Å². The number of rotatable bonds is 4. The molecule has 1 aromatic rings. The van der Waals surface area contributed by atoms with Crippen LogP contribution in [0.2, 0.25) is 0 Å². The molecule has 1 nitrogen and oxygen atoms in total. The van der Waals surface area contributed by atoms with Crippen molar-refractivity contribution in [1.82, 2.24) is 0 Å². The maximum atomic E-state index is 11.6. The molecule has 0 bridgehead atoms. The number of aryl methyl sites for hydroxylation is 1. The van der Waals surface area contributed by atoms with E-state index in [0.717, 1.165) is 22.6 Å². The van der Waals surface area contributed by atoms with E-state index in [2.05, 4.69) is 12.6 Å². The molecule has 0 heterocycles. The van der Waals surface area contributed by atoms with Gasteiger partial charge in [-0.25, -0.2) is 0 Å². The van der Waals surface area contributed by atoms with Crippen LogP contribution in [-0.2, 0) is 4.79 Å². The van der Waals surface area contributed by atoms with E-state index in [1.54, 1.807) is 0 Å². The van der Waals surface area contributed by atoms with Crippen LogP contribution >= 0.6 is 24.4 Å². The van der Waals surface area contributed by atoms with Crippen LogP contribution in [0.4, 0.5) is 0 Å². The quantitative estimate of drug-likeness (QED) is 0.651. The Kier molecular flexibility index (Phi) is 5.71. The van der Waals surface area contributed by atoms with Crippen LogP contribution in [0.3, 0.4) is 0 Å². The van der Waals surface area contributed by atoms with Crippen LogP contribution in [0, 0.1) is 6.92 Å². The molecule has 0 radical (unpaired) electrons. The Morgan fingerprint density at radius 3 is 2.56 bits per heavy atom. The first-order chi connectivity index (χ1) is 7.63. The van der Waals surface area contributed by atoms with Gasteiger partial charge in [0, 0.05) is 11.3 Å². The molecule has 0 aromatic heterocycles. The topological polar surface area (TPSA) is 17.1 Å². The van der Waals surface area contributed by atoms with Crippen molar-refractivity contribution in [3.63, 3.8) is 0 Å². The van der Waals surface area contributed by atoms with Gasteiger partial charge in [0.15, 0.2) is 0 Å². The van der Waals surface area contributed by atoms with Gasteiger partial charge in [-0.3, -0.25) is 4.79 Å². The van der Waals surface area contributed by atoms with Crippen molar-refractivity contribution >= 4 is 35.6 Å². The van der Waals surface area contributed by atoms with Crippen molar-refractivity contribution in [3.05, 3.63) is 41.0 Å². The van der Waals surface area contributed by atoms with Gasteiger partial charge in [0.25, 0.3) is 0 Å². The van der Waals surface area contributed by atoms with Crippen molar-refractivity contribution < 1.29 is 4.79 Å². The lowest BCUT2D eigenvalue weighted by Crippen LogP contribution is -1.95. The second-order valence-corrected chi connectivity index (χ2v) is 5.11. The van der Waals surface area contributed by atoms with Crippen LogP contribution < -0.4 is 0 Å². The number of benzene rings is 1. The SMILES string of the molecule is C/C(=C\c1ccc(C)cc1)C(=O)SCCS. The van der Waals surface area contributed by atoms with E-state index in [4.69, 9.17) is 0 Å². The third kappa shape index (κ3) is 4.45. The molecule has 0 fully saturated rings. The monoisotopic (exact) mass is 252 g/mol. The largest absolute Gasteiger partial charge is 0.282 e. The highest BCUT2D eigenvalue weighted by Crippen LogP contribution is 2.14. The van der Waals surface area contributed by atoms with Gasteiger partial charge in [-0.05, 0) is 31.2 Å². The minimum absolute atomic E-state index is 0.134. The molecule has 0 N–H and O–H groups in total. The average molecular weight is 252 g/mol. The van der Waals surface area contributed by atoms with E-state index in [-0.39, 0.29) is 5.12 Å². The molecule has 0 amide bonds. The van der Waals surface area contributed by atoms with E-state index in [9.17, 15) is 4.79 Å². The highest BCUT2D eigenvalue weighted by atomic mass is 32.2. The van der Waals surface area contributed by atoms with Crippen molar-refractivity contribution in [2.24, 2.45) is 0 Å². The zero-order valence-electron chi connectivity index (χ0n) is 9.56. The molecule has 86 valence electrons. The Hall–Kier alpha value is -0.670. The summed E-state index contributed by atoms with van der Waals surface area (Å²) < 4.78 is 0. The molecule has 1 aromatic carbocycles. The summed E-state index contributed by atoms with van der Waals surface area (Å²) in [6, 6.07) is 8.14. The van der Waals surface area contributed by atoms with E-state index >= 15 is 0 Å². The Morgan fingerprint density at radius 1 is 1.38 bits per heavy atom. The van der Waals surface area contributed by atoms with Gasteiger partial charge in [0.05, 0.1) is 0 Å². The second kappa shape index (κ2) is 6.81. The molecular formula is C13H16OS2. The number of carbonyl (C=O) groups is 1. The molecule has 0 aliphatic rings. The second-order valence-electron chi connectivity index (χ2n) is 3.60. The zero-order valence-corrected chi connectivity index (χ0v) is 11.3. The maximum absolute atomic E-state index is 11.6. The molecule has 0 saturated heterocycles. The number of carbonyl (C=O) groups excluding carboxylic acids is 1. The van der Waals surface area contributed by atoms with Crippen LogP contribution in [0.15, 0.2) is 29.8 Å². The Balaban J connectivity index is 2.68. The third-order valence-corrected chi connectivity index (χ3v) is 3.63. The lowest BCUT2D eigenvalue weighted by Gasteiger charge is -2.00. The molecule has 0 atom stereocenters. The standard InChI is InChI=1S/C13H16OS2/c1-10-3-5-12(6-4-10)9-11(2)13(14)16-8-7-15/h3-6,9,15H,7-8H2,1-2H3/b11-9+. The summed E-state index contributed by atoms with van der Waals surface area (Å²) >= 11 is 5.40.